The predicted octanol–water partition coefficient (Wildman–Crippen LogP) is 1.48. The largest absolute Gasteiger partial charge is 0.468 e. The minimum Gasteiger partial charge on any atom is -0.468 e. The number of methoxy groups -OCH3 is 1. The molecule has 0 radical (unpaired) electrons. The molecule has 0 spiro atoms. The molecular weight excluding hydrogens is 266 g/mol. The number of ether oxygens (including phenoxy) is 1. The van der Waals surface area contributed by atoms with Crippen LogP contribution in [-0.4, -0.2) is 38.9 Å². The van der Waals surface area contributed by atoms with E-state index < -0.39 is 16.0 Å². The summed E-state index contributed by atoms with van der Waals surface area (Å²) in [5.74, 6) is -0.585. The Labute approximate surface area is 113 Å². The first-order chi connectivity index (χ1) is 8.99. The normalized spacial score (nSPS) is 11.9. The lowest BCUT2D eigenvalue weighted by Gasteiger charge is -2.16. The van der Waals surface area contributed by atoms with Crippen molar-refractivity contribution in [3.63, 3.8) is 0 Å². The average Bonchev–Trinajstić information content (AvgIpc) is 2.43. The van der Waals surface area contributed by atoms with E-state index in [-0.39, 0.29) is 13.1 Å². The van der Waals surface area contributed by atoms with Gasteiger partial charge in [0.25, 0.3) is 0 Å². The van der Waals surface area contributed by atoms with Gasteiger partial charge in [0.2, 0.25) is 10.0 Å². The fourth-order valence-electron chi connectivity index (χ4n) is 1.41. The van der Waals surface area contributed by atoms with Crippen molar-refractivity contribution >= 4 is 22.1 Å². The van der Waals surface area contributed by atoms with E-state index >= 15 is 0 Å². The minimum absolute atomic E-state index is 0.205. The molecule has 5 nitrogen and oxygen atoms in total. The van der Waals surface area contributed by atoms with E-state index in [1.165, 1.54) is 13.2 Å². The third-order valence-electron chi connectivity index (χ3n) is 2.48. The van der Waals surface area contributed by atoms with Crippen LogP contribution in [-0.2, 0) is 19.6 Å². The van der Waals surface area contributed by atoms with Crippen LogP contribution in [0.2, 0.25) is 0 Å². The van der Waals surface area contributed by atoms with Crippen LogP contribution in [0.4, 0.5) is 0 Å². The zero-order valence-electron chi connectivity index (χ0n) is 10.9. The van der Waals surface area contributed by atoms with Gasteiger partial charge in [0, 0.05) is 12.0 Å². The lowest BCUT2D eigenvalue weighted by Crippen LogP contribution is -2.34. The Kier molecular flexibility index (Phi) is 5.72. The molecule has 0 heterocycles. The molecule has 104 valence electrons. The molecule has 6 heteroatoms. The average molecular weight is 283 g/mol. The number of hydrogen-bond donors (Lipinski definition) is 0. The van der Waals surface area contributed by atoms with Gasteiger partial charge in [0.1, 0.15) is 6.54 Å². The number of esters is 1. The van der Waals surface area contributed by atoms with E-state index in [2.05, 4.69) is 4.74 Å². The summed E-state index contributed by atoms with van der Waals surface area (Å²) in [5.41, 5.74) is 0.778. The quantitative estimate of drug-likeness (QED) is 0.742. The van der Waals surface area contributed by atoms with Crippen LogP contribution in [0.3, 0.4) is 0 Å². The standard InChI is InChI=1S/C13H17NO4S/c1-3-14(11-13(15)18-2)19(16,17)10-9-12-7-5-4-6-8-12/h4-10H,3,11H2,1-2H3/b10-9+. The number of likely N-dealkylation sites (N-methyl/N-ethyl adjacent to an activating group) is 1. The van der Waals surface area contributed by atoms with Crippen molar-refractivity contribution in [1.29, 1.82) is 0 Å². The minimum atomic E-state index is -3.62. The molecule has 0 aliphatic rings. The molecule has 0 atom stereocenters. The second-order valence-electron chi connectivity index (χ2n) is 3.76. The summed E-state index contributed by atoms with van der Waals surface area (Å²) in [5, 5.41) is 1.09. The molecule has 0 saturated heterocycles. The van der Waals surface area contributed by atoms with E-state index in [1.54, 1.807) is 19.1 Å². The molecule has 19 heavy (non-hydrogen) atoms. The highest BCUT2D eigenvalue weighted by Gasteiger charge is 2.20. The summed E-state index contributed by atoms with van der Waals surface area (Å²) in [6.45, 7) is 1.59. The lowest BCUT2D eigenvalue weighted by molar-refractivity contribution is -0.140. The van der Waals surface area contributed by atoms with Crippen LogP contribution >= 0.6 is 0 Å². The second-order valence-corrected chi connectivity index (χ2v) is 5.58. The first-order valence-electron chi connectivity index (χ1n) is 5.79. The van der Waals surface area contributed by atoms with Crippen molar-refractivity contribution in [1.82, 2.24) is 4.31 Å². The SMILES string of the molecule is CCN(CC(=O)OC)S(=O)(=O)/C=C/c1ccccc1. The first kappa shape index (κ1) is 15.4. The van der Waals surface area contributed by atoms with E-state index in [0.29, 0.717) is 0 Å². The lowest BCUT2D eigenvalue weighted by atomic mass is 10.2. The second kappa shape index (κ2) is 7.06. The Hall–Kier alpha value is -1.66. The highest BCUT2D eigenvalue weighted by molar-refractivity contribution is 7.92. The van der Waals surface area contributed by atoms with Gasteiger partial charge >= 0.3 is 5.97 Å². The summed E-state index contributed by atoms with van der Waals surface area (Å²) in [6.07, 6.45) is 1.50. The van der Waals surface area contributed by atoms with Crippen LogP contribution < -0.4 is 0 Å². The predicted molar refractivity (Wildman–Crippen MR) is 73.7 cm³/mol. The van der Waals surface area contributed by atoms with E-state index in [1.807, 2.05) is 18.2 Å². The Balaban J connectivity index is 2.84. The molecule has 1 aromatic carbocycles. The van der Waals surface area contributed by atoms with Gasteiger partial charge in [0.15, 0.2) is 0 Å². The summed E-state index contributed by atoms with van der Waals surface area (Å²) >= 11 is 0. The molecule has 0 fully saturated rings. The maximum absolute atomic E-state index is 12.0. The molecule has 0 amide bonds. The van der Waals surface area contributed by atoms with E-state index in [9.17, 15) is 13.2 Å². The highest BCUT2D eigenvalue weighted by atomic mass is 32.2. The monoisotopic (exact) mass is 283 g/mol. The summed E-state index contributed by atoms with van der Waals surface area (Å²) in [6, 6.07) is 9.07. The van der Waals surface area contributed by atoms with Gasteiger partial charge in [-0.3, -0.25) is 4.79 Å². The van der Waals surface area contributed by atoms with Crippen LogP contribution in [0.5, 0.6) is 0 Å². The van der Waals surface area contributed by atoms with Crippen LogP contribution in [0.15, 0.2) is 35.7 Å². The van der Waals surface area contributed by atoms with Crippen molar-refractivity contribution in [3.8, 4) is 0 Å². The van der Waals surface area contributed by atoms with Gasteiger partial charge in [-0.05, 0) is 11.6 Å². The summed E-state index contributed by atoms with van der Waals surface area (Å²) in [4.78, 5) is 11.1. The number of carbonyl (C=O) groups excluding carboxylic acids is 1. The molecule has 0 N–H and O–H groups in total. The summed E-state index contributed by atoms with van der Waals surface area (Å²) in [7, 11) is -2.40. The van der Waals surface area contributed by atoms with Crippen molar-refractivity contribution in [2.24, 2.45) is 0 Å². The Morgan fingerprint density at radius 3 is 2.47 bits per heavy atom. The van der Waals surface area contributed by atoms with Gasteiger partial charge in [-0.25, -0.2) is 8.42 Å². The number of nitrogens with zero attached hydrogens (tertiary/aromatic N) is 1. The zero-order chi connectivity index (χ0) is 14.3. The van der Waals surface area contributed by atoms with E-state index in [4.69, 9.17) is 0 Å². The highest BCUT2D eigenvalue weighted by Crippen LogP contribution is 2.08. The molecule has 0 aromatic heterocycles. The number of benzene rings is 1. The van der Waals surface area contributed by atoms with Gasteiger partial charge in [-0.2, -0.15) is 4.31 Å². The first-order valence-corrected chi connectivity index (χ1v) is 7.30. The van der Waals surface area contributed by atoms with Gasteiger partial charge in [-0.1, -0.05) is 37.3 Å². The Morgan fingerprint density at radius 1 is 1.32 bits per heavy atom. The molecule has 0 aliphatic carbocycles. The van der Waals surface area contributed by atoms with Crippen molar-refractivity contribution in [2.45, 2.75) is 6.92 Å². The van der Waals surface area contributed by atoms with Gasteiger partial charge < -0.3 is 4.74 Å². The summed E-state index contributed by atoms with van der Waals surface area (Å²) < 4.78 is 29.6. The maximum Gasteiger partial charge on any atom is 0.321 e. The third kappa shape index (κ3) is 4.84. The topological polar surface area (TPSA) is 63.7 Å². The van der Waals surface area contributed by atoms with Crippen molar-refractivity contribution in [3.05, 3.63) is 41.3 Å². The number of hydrogen-bond acceptors (Lipinski definition) is 4. The molecule has 1 aromatic rings. The fraction of sp³-hybridized carbons (Fsp3) is 0.308. The van der Waals surface area contributed by atoms with Gasteiger partial charge in [0.05, 0.1) is 7.11 Å². The Morgan fingerprint density at radius 2 is 1.95 bits per heavy atom. The fourth-order valence-corrected chi connectivity index (χ4v) is 2.55. The smallest absolute Gasteiger partial charge is 0.321 e. The zero-order valence-corrected chi connectivity index (χ0v) is 11.8. The van der Waals surface area contributed by atoms with Gasteiger partial charge in [-0.15, -0.1) is 0 Å². The number of rotatable bonds is 6. The number of carbonyl (C=O) groups is 1. The third-order valence-corrected chi connectivity index (χ3v) is 4.06. The van der Waals surface area contributed by atoms with E-state index in [0.717, 1.165) is 15.3 Å². The molecule has 0 saturated carbocycles. The van der Waals surface area contributed by atoms with Crippen LogP contribution in [0.1, 0.15) is 12.5 Å². The molecule has 1 rings (SSSR count). The van der Waals surface area contributed by atoms with Crippen LogP contribution in [0, 0.1) is 0 Å². The van der Waals surface area contributed by atoms with Crippen molar-refractivity contribution < 1.29 is 17.9 Å². The maximum atomic E-state index is 12.0. The molecular formula is C13H17NO4S. The van der Waals surface area contributed by atoms with Crippen molar-refractivity contribution in [2.75, 3.05) is 20.2 Å². The number of sulfonamides is 1. The van der Waals surface area contributed by atoms with Crippen LogP contribution in [0.25, 0.3) is 6.08 Å². The Bertz CT molecular complexity index is 537. The molecule has 0 aliphatic heterocycles. The molecule has 0 unspecified atom stereocenters. The molecule has 0 bridgehead atoms.